The van der Waals surface area contributed by atoms with Crippen molar-refractivity contribution in [2.75, 3.05) is 19.6 Å². The van der Waals surface area contributed by atoms with Crippen LogP contribution in [0, 0.1) is 11.8 Å². The Hall–Kier alpha value is -0.370. The van der Waals surface area contributed by atoms with Crippen LogP contribution in [0.5, 0.6) is 0 Å². The van der Waals surface area contributed by atoms with Crippen LogP contribution in [0.25, 0.3) is 0 Å². The van der Waals surface area contributed by atoms with Gasteiger partial charge in [0.15, 0.2) is 0 Å². The van der Waals surface area contributed by atoms with Crippen molar-refractivity contribution in [3.63, 3.8) is 0 Å². The second-order valence-corrected chi connectivity index (χ2v) is 5.37. The summed E-state index contributed by atoms with van der Waals surface area (Å²) in [6.45, 7) is 5.18. The molecule has 0 saturated heterocycles. The molecule has 0 atom stereocenters. The largest absolute Gasteiger partial charge is 0.298 e. The Morgan fingerprint density at radius 1 is 1.13 bits per heavy atom. The summed E-state index contributed by atoms with van der Waals surface area (Å²) in [5, 5.41) is 0. The maximum Gasteiger partial charge on any atom is 0.146 e. The van der Waals surface area contributed by atoms with E-state index in [1.807, 2.05) is 0 Å². The van der Waals surface area contributed by atoms with E-state index < -0.39 is 0 Å². The normalized spacial score (nSPS) is 20.9. The van der Waals surface area contributed by atoms with Gasteiger partial charge in [-0.15, -0.1) is 0 Å². The number of Topliss-reactive ketones (excluding diaryl/α,β-unsaturated/α-hetero) is 1. The van der Waals surface area contributed by atoms with Gasteiger partial charge in [0.25, 0.3) is 0 Å². The molecule has 2 heteroatoms. The average Bonchev–Trinajstić information content (AvgIpc) is 2.99. The first-order chi connectivity index (χ1) is 7.28. The summed E-state index contributed by atoms with van der Waals surface area (Å²) in [4.78, 5) is 14.0. The van der Waals surface area contributed by atoms with Gasteiger partial charge in [-0.3, -0.25) is 9.69 Å². The monoisotopic (exact) mass is 209 g/mol. The highest BCUT2D eigenvalue weighted by atomic mass is 16.1. The Balaban J connectivity index is 1.71. The van der Waals surface area contributed by atoms with Crippen LogP contribution in [0.2, 0.25) is 0 Å². The highest BCUT2D eigenvalue weighted by molar-refractivity contribution is 5.80. The van der Waals surface area contributed by atoms with Gasteiger partial charge in [-0.2, -0.15) is 0 Å². The van der Waals surface area contributed by atoms with Crippen molar-refractivity contribution in [3.05, 3.63) is 0 Å². The van der Waals surface area contributed by atoms with Crippen molar-refractivity contribution in [3.8, 4) is 0 Å². The lowest BCUT2D eigenvalue weighted by Crippen LogP contribution is -2.33. The summed E-state index contributed by atoms with van der Waals surface area (Å²) in [6.07, 6.45) is 7.34. The van der Waals surface area contributed by atoms with Crippen molar-refractivity contribution < 1.29 is 4.79 Å². The number of carbonyl (C=O) groups is 1. The second kappa shape index (κ2) is 5.11. The minimum Gasteiger partial charge on any atom is -0.298 e. The molecule has 0 unspecified atom stereocenters. The van der Waals surface area contributed by atoms with Crippen LogP contribution in [0.3, 0.4) is 0 Å². The highest BCUT2D eigenvalue weighted by Crippen LogP contribution is 2.33. The van der Waals surface area contributed by atoms with Gasteiger partial charge >= 0.3 is 0 Å². The third-order valence-corrected chi connectivity index (χ3v) is 3.36. The zero-order valence-electron chi connectivity index (χ0n) is 9.87. The molecule has 0 heterocycles. The molecule has 2 fully saturated rings. The van der Waals surface area contributed by atoms with E-state index in [9.17, 15) is 4.79 Å². The van der Waals surface area contributed by atoms with Gasteiger partial charge in [-0.25, -0.2) is 0 Å². The number of hydrogen-bond donors (Lipinski definition) is 0. The molecule has 0 bridgehead atoms. The van der Waals surface area contributed by atoms with Crippen molar-refractivity contribution in [2.45, 2.75) is 45.4 Å². The number of rotatable bonds is 8. The molecular weight excluding hydrogens is 186 g/mol. The van der Waals surface area contributed by atoms with Crippen LogP contribution in [-0.2, 0) is 4.79 Å². The highest BCUT2D eigenvalue weighted by Gasteiger charge is 2.29. The number of ketones is 1. The van der Waals surface area contributed by atoms with E-state index in [1.165, 1.54) is 38.8 Å². The van der Waals surface area contributed by atoms with E-state index in [4.69, 9.17) is 0 Å². The summed E-state index contributed by atoms with van der Waals surface area (Å²) in [5.41, 5.74) is 0. The Morgan fingerprint density at radius 3 is 2.07 bits per heavy atom. The summed E-state index contributed by atoms with van der Waals surface area (Å²) in [7, 11) is 0. The molecule has 2 rings (SSSR count). The molecule has 0 radical (unpaired) electrons. The Kier molecular flexibility index (Phi) is 3.79. The van der Waals surface area contributed by atoms with Gasteiger partial charge in [-0.05, 0) is 43.9 Å². The van der Waals surface area contributed by atoms with E-state index in [0.29, 0.717) is 5.78 Å². The van der Waals surface area contributed by atoms with Crippen LogP contribution < -0.4 is 0 Å². The molecule has 0 N–H and O–H groups in total. The summed E-state index contributed by atoms with van der Waals surface area (Å²) in [5.74, 6) is 2.27. The fourth-order valence-corrected chi connectivity index (χ4v) is 2.14. The Morgan fingerprint density at radius 2 is 1.67 bits per heavy atom. The molecule has 0 aliphatic heterocycles. The quantitative estimate of drug-likeness (QED) is 0.612. The molecule has 0 aromatic heterocycles. The molecule has 86 valence electrons. The standard InChI is InChI=1S/C13H23NO/c1-2-3-13(15)10-14(8-11-4-5-11)9-12-6-7-12/h11-12H,2-10H2,1H3. The Bertz CT molecular complexity index is 205. The third kappa shape index (κ3) is 4.33. The SMILES string of the molecule is CCCC(=O)CN(CC1CC1)CC1CC1. The smallest absolute Gasteiger partial charge is 0.146 e. The first kappa shape index (κ1) is 11.1. The van der Waals surface area contributed by atoms with Crippen LogP contribution in [0.1, 0.15) is 45.4 Å². The summed E-state index contributed by atoms with van der Waals surface area (Å²) >= 11 is 0. The average molecular weight is 209 g/mol. The molecule has 2 aliphatic carbocycles. The van der Waals surface area contributed by atoms with Crippen molar-refractivity contribution in [1.29, 1.82) is 0 Å². The Labute approximate surface area is 93.0 Å². The molecule has 0 amide bonds. The van der Waals surface area contributed by atoms with Crippen LogP contribution in [0.4, 0.5) is 0 Å². The fraction of sp³-hybridized carbons (Fsp3) is 0.923. The van der Waals surface area contributed by atoms with Gasteiger partial charge in [-0.1, -0.05) is 6.92 Å². The van der Waals surface area contributed by atoms with Crippen LogP contribution in [-0.4, -0.2) is 30.3 Å². The third-order valence-electron chi connectivity index (χ3n) is 3.36. The van der Waals surface area contributed by atoms with E-state index in [1.54, 1.807) is 0 Å². The molecule has 0 aromatic carbocycles. The van der Waals surface area contributed by atoms with Crippen molar-refractivity contribution in [2.24, 2.45) is 11.8 Å². The topological polar surface area (TPSA) is 20.3 Å². The number of hydrogen-bond acceptors (Lipinski definition) is 2. The van der Waals surface area contributed by atoms with Crippen LogP contribution in [0.15, 0.2) is 0 Å². The zero-order chi connectivity index (χ0) is 10.7. The molecular formula is C13H23NO. The van der Waals surface area contributed by atoms with Gasteiger partial charge in [0.2, 0.25) is 0 Å². The molecule has 15 heavy (non-hydrogen) atoms. The molecule has 2 nitrogen and oxygen atoms in total. The van der Waals surface area contributed by atoms with E-state index >= 15 is 0 Å². The minimum atomic E-state index is 0.443. The lowest BCUT2D eigenvalue weighted by molar-refractivity contribution is -0.120. The molecule has 2 saturated carbocycles. The predicted molar refractivity (Wildman–Crippen MR) is 61.8 cm³/mol. The first-order valence-electron chi connectivity index (χ1n) is 6.52. The first-order valence-corrected chi connectivity index (χ1v) is 6.52. The number of nitrogens with zero attached hydrogens (tertiary/aromatic N) is 1. The lowest BCUT2D eigenvalue weighted by Gasteiger charge is -2.21. The van der Waals surface area contributed by atoms with Crippen LogP contribution >= 0.6 is 0 Å². The van der Waals surface area contributed by atoms with Gasteiger partial charge < -0.3 is 0 Å². The van der Waals surface area contributed by atoms with Gasteiger partial charge in [0, 0.05) is 19.5 Å². The maximum absolute atomic E-state index is 11.6. The zero-order valence-corrected chi connectivity index (χ0v) is 9.87. The number of carbonyl (C=O) groups excluding carboxylic acids is 1. The lowest BCUT2D eigenvalue weighted by atomic mass is 10.2. The summed E-state index contributed by atoms with van der Waals surface area (Å²) in [6, 6.07) is 0. The van der Waals surface area contributed by atoms with E-state index in [-0.39, 0.29) is 0 Å². The maximum atomic E-state index is 11.6. The minimum absolute atomic E-state index is 0.443. The van der Waals surface area contributed by atoms with E-state index in [0.717, 1.165) is 31.2 Å². The molecule has 0 aromatic rings. The summed E-state index contributed by atoms with van der Waals surface area (Å²) < 4.78 is 0. The molecule has 2 aliphatic rings. The van der Waals surface area contributed by atoms with Gasteiger partial charge in [0.05, 0.1) is 6.54 Å². The second-order valence-electron chi connectivity index (χ2n) is 5.37. The van der Waals surface area contributed by atoms with E-state index in [2.05, 4.69) is 11.8 Å². The predicted octanol–water partition coefficient (Wildman–Crippen LogP) is 2.48. The van der Waals surface area contributed by atoms with Crippen molar-refractivity contribution in [1.82, 2.24) is 4.90 Å². The van der Waals surface area contributed by atoms with Crippen molar-refractivity contribution >= 4 is 5.78 Å². The van der Waals surface area contributed by atoms with Gasteiger partial charge in [0.1, 0.15) is 5.78 Å². The molecule has 0 spiro atoms. The fourth-order valence-electron chi connectivity index (χ4n) is 2.14.